The van der Waals surface area contributed by atoms with Crippen LogP contribution in [0.4, 0.5) is 4.39 Å². The summed E-state index contributed by atoms with van der Waals surface area (Å²) in [6.45, 7) is 2.06. The number of likely N-dealkylation sites (tertiary alicyclic amines) is 1. The van der Waals surface area contributed by atoms with Crippen LogP contribution in [0.25, 0.3) is 0 Å². The Bertz CT molecular complexity index is 323. The zero-order valence-corrected chi connectivity index (χ0v) is 8.69. The molecule has 0 aromatic heterocycles. The van der Waals surface area contributed by atoms with Gasteiger partial charge in [-0.3, -0.25) is 4.90 Å². The molecule has 15 heavy (non-hydrogen) atoms. The van der Waals surface area contributed by atoms with Gasteiger partial charge in [-0.2, -0.15) is 0 Å². The summed E-state index contributed by atoms with van der Waals surface area (Å²) in [7, 11) is 0. The van der Waals surface area contributed by atoms with Gasteiger partial charge in [-0.15, -0.1) is 0 Å². The second kappa shape index (κ2) is 4.73. The van der Waals surface area contributed by atoms with Crippen molar-refractivity contribution in [3.05, 3.63) is 35.6 Å². The summed E-state index contributed by atoms with van der Waals surface area (Å²) < 4.78 is 13.1. The molecule has 82 valence electrons. The molecule has 0 radical (unpaired) electrons. The molecule has 0 aliphatic carbocycles. The summed E-state index contributed by atoms with van der Waals surface area (Å²) in [4.78, 5) is 2.22. The minimum absolute atomic E-state index is 0.0387. The summed E-state index contributed by atoms with van der Waals surface area (Å²) in [6.07, 6.45) is 2.34. The van der Waals surface area contributed by atoms with E-state index in [4.69, 9.17) is 0 Å². The predicted octanol–water partition coefficient (Wildman–Crippen LogP) is 1.95. The number of benzene rings is 1. The highest BCUT2D eigenvalue weighted by molar-refractivity contribution is 5.20. The van der Waals surface area contributed by atoms with Gasteiger partial charge in [-0.25, -0.2) is 4.39 Å². The molecule has 2 rings (SSSR count). The first kappa shape index (κ1) is 10.6. The van der Waals surface area contributed by atoms with Gasteiger partial charge in [0.15, 0.2) is 0 Å². The Kier molecular flexibility index (Phi) is 3.34. The van der Waals surface area contributed by atoms with Crippen LogP contribution >= 0.6 is 0 Å². The van der Waals surface area contributed by atoms with E-state index in [2.05, 4.69) is 4.90 Å². The number of nitrogens with zero attached hydrogens (tertiary/aromatic N) is 1. The standard InChI is InChI=1S/C12H16FNO/c13-11-5-3-4-10(8-11)12(9-15)14-6-1-2-7-14/h3-5,8,12,15H,1-2,6-7,9H2/t12-/m1/s1. The van der Waals surface area contributed by atoms with Crippen LogP contribution < -0.4 is 0 Å². The molecule has 1 atom stereocenters. The van der Waals surface area contributed by atoms with Crippen molar-refractivity contribution in [2.75, 3.05) is 19.7 Å². The second-order valence-corrected chi connectivity index (χ2v) is 4.00. The van der Waals surface area contributed by atoms with Gasteiger partial charge in [0.2, 0.25) is 0 Å². The molecule has 0 saturated carbocycles. The maximum atomic E-state index is 13.1. The van der Waals surface area contributed by atoms with Crippen LogP contribution in [-0.4, -0.2) is 29.7 Å². The van der Waals surface area contributed by atoms with Gasteiger partial charge in [0.25, 0.3) is 0 Å². The molecular formula is C12H16FNO. The first-order valence-electron chi connectivity index (χ1n) is 5.41. The molecule has 1 saturated heterocycles. The van der Waals surface area contributed by atoms with Crippen molar-refractivity contribution in [2.24, 2.45) is 0 Å². The van der Waals surface area contributed by atoms with E-state index in [1.807, 2.05) is 6.07 Å². The number of aliphatic hydroxyl groups excluding tert-OH is 1. The molecule has 1 aliphatic heterocycles. The molecule has 1 aromatic carbocycles. The monoisotopic (exact) mass is 209 g/mol. The van der Waals surface area contributed by atoms with E-state index >= 15 is 0 Å². The number of rotatable bonds is 3. The maximum absolute atomic E-state index is 13.1. The van der Waals surface area contributed by atoms with E-state index < -0.39 is 0 Å². The Hall–Kier alpha value is -0.930. The number of aliphatic hydroxyl groups is 1. The van der Waals surface area contributed by atoms with Gasteiger partial charge in [-0.05, 0) is 43.6 Å². The Labute approximate surface area is 89.3 Å². The fourth-order valence-electron chi connectivity index (χ4n) is 2.20. The fourth-order valence-corrected chi connectivity index (χ4v) is 2.20. The molecule has 2 nitrogen and oxygen atoms in total. The van der Waals surface area contributed by atoms with Gasteiger partial charge in [0.1, 0.15) is 5.82 Å². The van der Waals surface area contributed by atoms with Gasteiger partial charge >= 0.3 is 0 Å². The van der Waals surface area contributed by atoms with Gasteiger partial charge in [-0.1, -0.05) is 12.1 Å². The molecule has 0 amide bonds. The number of halogens is 1. The summed E-state index contributed by atoms with van der Waals surface area (Å²) in [5.74, 6) is -0.231. The van der Waals surface area contributed by atoms with Crippen molar-refractivity contribution < 1.29 is 9.50 Å². The van der Waals surface area contributed by atoms with E-state index in [1.165, 1.54) is 25.0 Å². The molecule has 0 unspecified atom stereocenters. The lowest BCUT2D eigenvalue weighted by atomic mass is 10.1. The highest BCUT2D eigenvalue weighted by atomic mass is 19.1. The quantitative estimate of drug-likeness (QED) is 0.822. The predicted molar refractivity (Wildman–Crippen MR) is 57.0 cm³/mol. The molecule has 0 bridgehead atoms. The van der Waals surface area contributed by atoms with E-state index in [1.54, 1.807) is 6.07 Å². The van der Waals surface area contributed by atoms with Crippen LogP contribution in [0.5, 0.6) is 0 Å². The molecule has 1 aromatic rings. The van der Waals surface area contributed by atoms with Crippen molar-refractivity contribution in [1.82, 2.24) is 4.90 Å². The highest BCUT2D eigenvalue weighted by Crippen LogP contribution is 2.24. The van der Waals surface area contributed by atoms with Crippen LogP contribution in [0.2, 0.25) is 0 Å². The summed E-state index contributed by atoms with van der Waals surface area (Å²) in [5, 5.41) is 9.37. The van der Waals surface area contributed by atoms with Crippen molar-refractivity contribution in [3.8, 4) is 0 Å². The van der Waals surface area contributed by atoms with E-state index in [-0.39, 0.29) is 18.5 Å². The Balaban J connectivity index is 2.18. The molecule has 1 aliphatic rings. The Morgan fingerprint density at radius 3 is 2.67 bits per heavy atom. The molecule has 0 spiro atoms. The minimum atomic E-state index is -0.231. The molecule has 1 heterocycles. The largest absolute Gasteiger partial charge is 0.394 e. The summed E-state index contributed by atoms with van der Waals surface area (Å²) in [5.41, 5.74) is 0.874. The Morgan fingerprint density at radius 1 is 1.33 bits per heavy atom. The number of hydrogen-bond donors (Lipinski definition) is 1. The van der Waals surface area contributed by atoms with E-state index in [0.717, 1.165) is 18.7 Å². The second-order valence-electron chi connectivity index (χ2n) is 4.00. The van der Waals surface area contributed by atoms with Crippen molar-refractivity contribution in [3.63, 3.8) is 0 Å². The van der Waals surface area contributed by atoms with Gasteiger partial charge < -0.3 is 5.11 Å². The fraction of sp³-hybridized carbons (Fsp3) is 0.500. The zero-order chi connectivity index (χ0) is 10.7. The van der Waals surface area contributed by atoms with Crippen molar-refractivity contribution >= 4 is 0 Å². The van der Waals surface area contributed by atoms with Crippen LogP contribution in [0.1, 0.15) is 24.4 Å². The lowest BCUT2D eigenvalue weighted by Crippen LogP contribution is -2.28. The first-order valence-corrected chi connectivity index (χ1v) is 5.41. The van der Waals surface area contributed by atoms with Crippen LogP contribution in [0, 0.1) is 5.82 Å². The van der Waals surface area contributed by atoms with Crippen LogP contribution in [0.3, 0.4) is 0 Å². The molecule has 1 fully saturated rings. The lowest BCUT2D eigenvalue weighted by molar-refractivity contribution is 0.147. The van der Waals surface area contributed by atoms with Crippen LogP contribution in [0.15, 0.2) is 24.3 Å². The zero-order valence-electron chi connectivity index (χ0n) is 8.69. The third kappa shape index (κ3) is 2.36. The Morgan fingerprint density at radius 2 is 2.07 bits per heavy atom. The lowest BCUT2D eigenvalue weighted by Gasteiger charge is -2.25. The summed E-state index contributed by atoms with van der Waals surface area (Å²) >= 11 is 0. The molecular weight excluding hydrogens is 193 g/mol. The molecule has 1 N–H and O–H groups in total. The highest BCUT2D eigenvalue weighted by Gasteiger charge is 2.22. The number of hydrogen-bond acceptors (Lipinski definition) is 2. The third-order valence-corrected chi connectivity index (χ3v) is 2.99. The first-order chi connectivity index (χ1) is 7.31. The summed E-state index contributed by atoms with van der Waals surface area (Å²) in [6, 6.07) is 6.48. The maximum Gasteiger partial charge on any atom is 0.123 e. The average Bonchev–Trinajstić information content (AvgIpc) is 2.72. The minimum Gasteiger partial charge on any atom is -0.394 e. The van der Waals surface area contributed by atoms with Crippen molar-refractivity contribution in [1.29, 1.82) is 0 Å². The van der Waals surface area contributed by atoms with Gasteiger partial charge in [0, 0.05) is 0 Å². The topological polar surface area (TPSA) is 23.5 Å². The molecule has 3 heteroatoms. The van der Waals surface area contributed by atoms with Crippen LogP contribution in [-0.2, 0) is 0 Å². The SMILES string of the molecule is OC[C@H](c1cccc(F)c1)N1CCCC1. The van der Waals surface area contributed by atoms with Crippen molar-refractivity contribution in [2.45, 2.75) is 18.9 Å². The van der Waals surface area contributed by atoms with E-state index in [9.17, 15) is 9.50 Å². The normalized spacial score (nSPS) is 19.3. The van der Waals surface area contributed by atoms with Gasteiger partial charge in [0.05, 0.1) is 12.6 Å². The average molecular weight is 209 g/mol. The third-order valence-electron chi connectivity index (χ3n) is 2.99. The van der Waals surface area contributed by atoms with E-state index in [0.29, 0.717) is 0 Å². The smallest absolute Gasteiger partial charge is 0.123 e.